The summed E-state index contributed by atoms with van der Waals surface area (Å²) in [4.78, 5) is 13.7. The van der Waals surface area contributed by atoms with Crippen molar-refractivity contribution in [1.82, 2.24) is 10.3 Å². The van der Waals surface area contributed by atoms with Crippen molar-refractivity contribution in [2.24, 2.45) is 11.3 Å². The minimum Gasteiger partial charge on any atom is -0.391 e. The highest BCUT2D eigenvalue weighted by Crippen LogP contribution is 2.25. The Morgan fingerprint density at radius 2 is 2.06 bits per heavy atom. The first kappa shape index (κ1) is 14.4. The van der Waals surface area contributed by atoms with Gasteiger partial charge in [0.2, 0.25) is 5.91 Å². The van der Waals surface area contributed by atoms with E-state index in [0.29, 0.717) is 6.54 Å². The molecule has 0 aromatic rings. The van der Waals surface area contributed by atoms with Crippen LogP contribution < -0.4 is 11.3 Å². The second-order valence-electron chi connectivity index (χ2n) is 5.69. The third-order valence-electron chi connectivity index (χ3n) is 3.65. The molecule has 0 saturated heterocycles. The van der Waals surface area contributed by atoms with Gasteiger partial charge >= 0.3 is 0 Å². The van der Waals surface area contributed by atoms with E-state index in [1.807, 2.05) is 20.9 Å². The van der Waals surface area contributed by atoms with Crippen molar-refractivity contribution in [1.29, 1.82) is 0 Å². The summed E-state index contributed by atoms with van der Waals surface area (Å²) < 4.78 is 0. The van der Waals surface area contributed by atoms with Gasteiger partial charge in [-0.1, -0.05) is 12.8 Å². The predicted octanol–water partition coefficient (Wildman–Crippen LogP) is 0.238. The number of nitrogens with zero attached hydrogens (tertiary/aromatic N) is 1. The molecular weight excluding hydrogens is 218 g/mol. The standard InChI is InChI=1S/C12H25N3O2/c1-12(2,11(17)14-13)8-15(3)9-6-4-5-7-10(9)16/h9-10,16H,4-8,13H2,1-3H3,(H,14,17). The van der Waals surface area contributed by atoms with Gasteiger partial charge in [0.15, 0.2) is 0 Å². The Bertz CT molecular complexity index is 268. The first-order chi connectivity index (χ1) is 7.88. The second-order valence-corrected chi connectivity index (χ2v) is 5.69. The van der Waals surface area contributed by atoms with Crippen molar-refractivity contribution in [3.63, 3.8) is 0 Å². The van der Waals surface area contributed by atoms with Gasteiger partial charge in [-0.15, -0.1) is 0 Å². The summed E-state index contributed by atoms with van der Waals surface area (Å²) in [5.41, 5.74) is 1.66. The highest BCUT2D eigenvalue weighted by atomic mass is 16.3. The summed E-state index contributed by atoms with van der Waals surface area (Å²) in [5, 5.41) is 9.97. The smallest absolute Gasteiger partial charge is 0.240 e. The number of amides is 1. The summed E-state index contributed by atoms with van der Waals surface area (Å²) in [6.07, 6.45) is 3.83. The van der Waals surface area contributed by atoms with E-state index in [4.69, 9.17) is 5.84 Å². The lowest BCUT2D eigenvalue weighted by molar-refractivity contribution is -0.131. The van der Waals surface area contributed by atoms with Gasteiger partial charge in [0.25, 0.3) is 0 Å². The van der Waals surface area contributed by atoms with Crippen molar-refractivity contribution in [3.05, 3.63) is 0 Å². The first-order valence-corrected chi connectivity index (χ1v) is 6.28. The molecule has 5 heteroatoms. The van der Waals surface area contributed by atoms with Gasteiger partial charge in [-0.25, -0.2) is 5.84 Å². The third-order valence-corrected chi connectivity index (χ3v) is 3.65. The number of aliphatic hydroxyl groups is 1. The van der Waals surface area contributed by atoms with E-state index >= 15 is 0 Å². The lowest BCUT2D eigenvalue weighted by Crippen LogP contribution is -2.51. The molecule has 0 bridgehead atoms. The molecule has 2 unspecified atom stereocenters. The van der Waals surface area contributed by atoms with Crippen LogP contribution in [0.25, 0.3) is 0 Å². The van der Waals surface area contributed by atoms with Crippen LogP contribution in [0.1, 0.15) is 39.5 Å². The number of likely N-dealkylation sites (N-methyl/N-ethyl adjacent to an activating group) is 1. The number of carbonyl (C=O) groups excluding carboxylic acids is 1. The van der Waals surface area contributed by atoms with Crippen LogP contribution in [-0.2, 0) is 4.79 Å². The number of nitrogens with two attached hydrogens (primary N) is 1. The Balaban J connectivity index is 2.58. The van der Waals surface area contributed by atoms with Crippen LogP contribution >= 0.6 is 0 Å². The Kier molecular flexibility index (Phi) is 4.91. The van der Waals surface area contributed by atoms with Crippen LogP contribution in [0.15, 0.2) is 0 Å². The average Bonchev–Trinajstić information content (AvgIpc) is 2.27. The highest BCUT2D eigenvalue weighted by Gasteiger charge is 2.33. The Morgan fingerprint density at radius 3 is 2.59 bits per heavy atom. The molecule has 2 atom stereocenters. The summed E-state index contributed by atoms with van der Waals surface area (Å²) in [5.74, 6) is 5.00. The monoisotopic (exact) mass is 243 g/mol. The normalized spacial score (nSPS) is 26.0. The first-order valence-electron chi connectivity index (χ1n) is 6.28. The topological polar surface area (TPSA) is 78.6 Å². The van der Waals surface area contributed by atoms with Gasteiger partial charge < -0.3 is 5.11 Å². The molecule has 0 aromatic heterocycles. The molecule has 0 radical (unpaired) electrons. The zero-order valence-electron chi connectivity index (χ0n) is 11.1. The average molecular weight is 243 g/mol. The number of carbonyl (C=O) groups is 1. The fourth-order valence-electron chi connectivity index (χ4n) is 2.61. The fraction of sp³-hybridized carbons (Fsp3) is 0.917. The van der Waals surface area contributed by atoms with E-state index in [9.17, 15) is 9.90 Å². The molecule has 17 heavy (non-hydrogen) atoms. The largest absolute Gasteiger partial charge is 0.391 e. The lowest BCUT2D eigenvalue weighted by Gasteiger charge is -2.38. The minimum atomic E-state index is -0.541. The molecule has 100 valence electrons. The minimum absolute atomic E-state index is 0.161. The van der Waals surface area contributed by atoms with Crippen LogP contribution in [0.2, 0.25) is 0 Å². The Morgan fingerprint density at radius 1 is 1.47 bits per heavy atom. The summed E-state index contributed by atoms with van der Waals surface area (Å²) in [6.45, 7) is 4.32. The molecule has 1 aliphatic carbocycles. The molecule has 1 saturated carbocycles. The zero-order valence-corrected chi connectivity index (χ0v) is 11.1. The fourth-order valence-corrected chi connectivity index (χ4v) is 2.61. The van der Waals surface area contributed by atoms with Gasteiger partial charge in [-0.3, -0.25) is 15.1 Å². The number of hydrazine groups is 1. The van der Waals surface area contributed by atoms with Crippen LogP contribution in [0.3, 0.4) is 0 Å². The van der Waals surface area contributed by atoms with Crippen molar-refractivity contribution in [2.75, 3.05) is 13.6 Å². The van der Waals surface area contributed by atoms with Crippen LogP contribution in [0, 0.1) is 5.41 Å². The molecule has 1 aliphatic rings. The molecule has 5 nitrogen and oxygen atoms in total. The number of hydrogen-bond donors (Lipinski definition) is 3. The number of aliphatic hydroxyl groups excluding tert-OH is 1. The second kappa shape index (κ2) is 5.80. The maximum absolute atomic E-state index is 11.6. The van der Waals surface area contributed by atoms with E-state index in [2.05, 4.69) is 10.3 Å². The van der Waals surface area contributed by atoms with E-state index in [-0.39, 0.29) is 18.1 Å². The quantitative estimate of drug-likeness (QED) is 0.375. The molecule has 1 rings (SSSR count). The third kappa shape index (κ3) is 3.66. The maximum Gasteiger partial charge on any atom is 0.240 e. The van der Waals surface area contributed by atoms with Gasteiger partial charge in [-0.2, -0.15) is 0 Å². The SMILES string of the molecule is CN(CC(C)(C)C(=O)NN)C1CCCCC1O. The van der Waals surface area contributed by atoms with Crippen LogP contribution in [-0.4, -0.2) is 41.7 Å². The lowest BCUT2D eigenvalue weighted by atomic mass is 9.87. The molecule has 4 N–H and O–H groups in total. The Labute approximate surface area is 103 Å². The van der Waals surface area contributed by atoms with Crippen molar-refractivity contribution in [3.8, 4) is 0 Å². The molecule has 0 aliphatic heterocycles. The van der Waals surface area contributed by atoms with Gasteiger partial charge in [0.1, 0.15) is 0 Å². The van der Waals surface area contributed by atoms with Crippen molar-refractivity contribution < 1.29 is 9.90 Å². The number of rotatable bonds is 4. The van der Waals surface area contributed by atoms with E-state index < -0.39 is 5.41 Å². The Hall–Kier alpha value is -0.650. The van der Waals surface area contributed by atoms with Crippen molar-refractivity contribution in [2.45, 2.75) is 51.7 Å². The number of nitrogens with one attached hydrogen (secondary N) is 1. The highest BCUT2D eigenvalue weighted by molar-refractivity contribution is 5.81. The van der Waals surface area contributed by atoms with Crippen molar-refractivity contribution >= 4 is 5.91 Å². The number of hydrogen-bond acceptors (Lipinski definition) is 4. The molecule has 1 fully saturated rings. The molecule has 0 aromatic carbocycles. The van der Waals surface area contributed by atoms with E-state index in [1.165, 1.54) is 0 Å². The predicted molar refractivity (Wildman–Crippen MR) is 67.0 cm³/mol. The van der Waals surface area contributed by atoms with Crippen LogP contribution in [0.4, 0.5) is 0 Å². The maximum atomic E-state index is 11.6. The molecule has 0 spiro atoms. The molecule has 1 amide bonds. The van der Waals surface area contributed by atoms with E-state index in [1.54, 1.807) is 0 Å². The molecular formula is C12H25N3O2. The zero-order chi connectivity index (χ0) is 13.1. The molecule has 0 heterocycles. The van der Waals surface area contributed by atoms with Crippen LogP contribution in [0.5, 0.6) is 0 Å². The van der Waals surface area contributed by atoms with Gasteiger partial charge in [0, 0.05) is 12.6 Å². The van der Waals surface area contributed by atoms with Gasteiger partial charge in [0.05, 0.1) is 11.5 Å². The van der Waals surface area contributed by atoms with Gasteiger partial charge in [-0.05, 0) is 33.7 Å². The summed E-state index contributed by atoms with van der Waals surface area (Å²) >= 11 is 0. The summed E-state index contributed by atoms with van der Waals surface area (Å²) in [6, 6.07) is 0.161. The summed E-state index contributed by atoms with van der Waals surface area (Å²) in [7, 11) is 1.96. The van der Waals surface area contributed by atoms with E-state index in [0.717, 1.165) is 25.7 Å².